The van der Waals surface area contributed by atoms with Crippen LogP contribution < -0.4 is 9.64 Å². The van der Waals surface area contributed by atoms with Gasteiger partial charge in [-0.15, -0.1) is 0 Å². The number of ether oxygens (including phenoxy) is 1. The summed E-state index contributed by atoms with van der Waals surface area (Å²) in [6, 6.07) is 26.9. The number of anilines is 1. The fourth-order valence-electron chi connectivity index (χ4n) is 4.61. The number of methoxy groups -OCH3 is 1. The average Bonchev–Trinajstić information content (AvgIpc) is 3.15. The van der Waals surface area contributed by atoms with Crippen molar-refractivity contribution in [1.29, 1.82) is 0 Å². The summed E-state index contributed by atoms with van der Waals surface area (Å²) in [5.41, 5.74) is 3.52. The summed E-state index contributed by atoms with van der Waals surface area (Å²) in [7, 11) is 1.61. The summed E-state index contributed by atoms with van der Waals surface area (Å²) in [4.78, 5) is 33.0. The molecule has 1 fully saturated rings. The molecule has 0 N–H and O–H groups in total. The van der Waals surface area contributed by atoms with Gasteiger partial charge in [0.1, 0.15) is 11.4 Å². The van der Waals surface area contributed by atoms with E-state index in [0.717, 1.165) is 25.2 Å². The zero-order valence-electron chi connectivity index (χ0n) is 19.2. The SMILES string of the molecule is COc1ccc(C2=C(N3CCN(Cc4ccccc4)CC3)C(=O)N(c3ccccc3)C2=O)cc1. The molecule has 6 nitrogen and oxygen atoms in total. The van der Waals surface area contributed by atoms with E-state index in [1.54, 1.807) is 19.2 Å². The van der Waals surface area contributed by atoms with Crippen LogP contribution in [0, 0.1) is 0 Å². The monoisotopic (exact) mass is 453 g/mol. The predicted molar refractivity (Wildman–Crippen MR) is 132 cm³/mol. The lowest BCUT2D eigenvalue weighted by molar-refractivity contribution is -0.120. The van der Waals surface area contributed by atoms with Crippen LogP contribution in [-0.2, 0) is 16.1 Å². The van der Waals surface area contributed by atoms with Crippen LogP contribution in [0.2, 0.25) is 0 Å². The van der Waals surface area contributed by atoms with Crippen molar-refractivity contribution in [2.75, 3.05) is 38.2 Å². The Labute approximate surface area is 199 Å². The number of carbonyl (C=O) groups excluding carboxylic acids is 2. The lowest BCUT2D eigenvalue weighted by Gasteiger charge is -2.36. The second-order valence-corrected chi connectivity index (χ2v) is 8.48. The van der Waals surface area contributed by atoms with Crippen molar-refractivity contribution in [2.24, 2.45) is 0 Å². The number of carbonyl (C=O) groups is 2. The quantitative estimate of drug-likeness (QED) is 0.532. The van der Waals surface area contributed by atoms with Gasteiger partial charge in [-0.05, 0) is 35.4 Å². The maximum atomic E-state index is 13.7. The van der Waals surface area contributed by atoms with E-state index in [9.17, 15) is 9.59 Å². The van der Waals surface area contributed by atoms with Crippen LogP contribution in [0.3, 0.4) is 0 Å². The highest BCUT2D eigenvalue weighted by molar-refractivity contribution is 6.45. The molecule has 0 radical (unpaired) electrons. The van der Waals surface area contributed by atoms with Crippen LogP contribution in [0.5, 0.6) is 5.75 Å². The normalized spacial score (nSPS) is 17.0. The Bertz CT molecular complexity index is 1200. The largest absolute Gasteiger partial charge is 0.497 e. The maximum absolute atomic E-state index is 13.7. The molecule has 2 amide bonds. The van der Waals surface area contributed by atoms with E-state index in [-0.39, 0.29) is 11.8 Å². The van der Waals surface area contributed by atoms with Gasteiger partial charge in [0.05, 0.1) is 18.4 Å². The third-order valence-corrected chi connectivity index (χ3v) is 6.39. The summed E-state index contributed by atoms with van der Waals surface area (Å²) in [6.45, 7) is 3.89. The Morgan fingerprint density at radius 3 is 1.97 bits per heavy atom. The maximum Gasteiger partial charge on any atom is 0.282 e. The molecular formula is C28H27N3O3. The van der Waals surface area contributed by atoms with Crippen molar-refractivity contribution >= 4 is 23.1 Å². The van der Waals surface area contributed by atoms with Crippen LogP contribution in [0.1, 0.15) is 11.1 Å². The minimum atomic E-state index is -0.289. The summed E-state index contributed by atoms with van der Waals surface area (Å²) in [5, 5.41) is 0. The Morgan fingerprint density at radius 1 is 0.735 bits per heavy atom. The van der Waals surface area contributed by atoms with Crippen LogP contribution in [0.25, 0.3) is 5.57 Å². The number of amides is 2. The summed E-state index contributed by atoms with van der Waals surface area (Å²) < 4.78 is 5.28. The molecule has 0 aromatic heterocycles. The number of hydrogen-bond acceptors (Lipinski definition) is 5. The second kappa shape index (κ2) is 9.53. The Balaban J connectivity index is 1.44. The second-order valence-electron chi connectivity index (χ2n) is 8.48. The summed E-state index contributed by atoms with van der Waals surface area (Å²) in [6.07, 6.45) is 0. The molecule has 172 valence electrons. The molecule has 0 aliphatic carbocycles. The van der Waals surface area contributed by atoms with E-state index in [1.807, 2.05) is 48.5 Å². The molecule has 0 unspecified atom stereocenters. The van der Waals surface area contributed by atoms with Crippen LogP contribution in [-0.4, -0.2) is 54.9 Å². The molecule has 0 spiro atoms. The third-order valence-electron chi connectivity index (χ3n) is 6.39. The lowest BCUT2D eigenvalue weighted by atomic mass is 10.0. The van der Waals surface area contributed by atoms with Crippen molar-refractivity contribution in [3.8, 4) is 5.75 Å². The molecular weight excluding hydrogens is 426 g/mol. The molecule has 34 heavy (non-hydrogen) atoms. The Hall–Kier alpha value is -3.90. The van der Waals surface area contributed by atoms with Gasteiger partial charge in [-0.2, -0.15) is 0 Å². The predicted octanol–water partition coefficient (Wildman–Crippen LogP) is 3.80. The highest BCUT2D eigenvalue weighted by Gasteiger charge is 2.43. The molecule has 5 rings (SSSR count). The highest BCUT2D eigenvalue weighted by atomic mass is 16.5. The number of benzene rings is 3. The van der Waals surface area contributed by atoms with Crippen molar-refractivity contribution in [3.63, 3.8) is 0 Å². The van der Waals surface area contributed by atoms with Crippen LogP contribution in [0.15, 0.2) is 90.6 Å². The van der Waals surface area contributed by atoms with E-state index < -0.39 is 0 Å². The van der Waals surface area contributed by atoms with Gasteiger partial charge in [0, 0.05) is 32.7 Å². The topological polar surface area (TPSA) is 53.1 Å². The van der Waals surface area contributed by atoms with E-state index in [1.165, 1.54) is 10.5 Å². The van der Waals surface area contributed by atoms with E-state index in [2.05, 4.69) is 34.1 Å². The molecule has 0 saturated carbocycles. The third kappa shape index (κ3) is 4.20. The molecule has 0 atom stereocenters. The first-order chi connectivity index (χ1) is 16.7. The molecule has 2 aliphatic heterocycles. The number of para-hydroxylation sites is 1. The first kappa shape index (κ1) is 21.9. The number of rotatable bonds is 6. The van der Waals surface area contributed by atoms with Gasteiger partial charge in [0.2, 0.25) is 0 Å². The van der Waals surface area contributed by atoms with Gasteiger partial charge < -0.3 is 9.64 Å². The van der Waals surface area contributed by atoms with E-state index in [4.69, 9.17) is 4.74 Å². The van der Waals surface area contributed by atoms with Gasteiger partial charge in [0.25, 0.3) is 11.8 Å². The van der Waals surface area contributed by atoms with Crippen LogP contribution >= 0.6 is 0 Å². The first-order valence-corrected chi connectivity index (χ1v) is 11.5. The smallest absolute Gasteiger partial charge is 0.282 e. The molecule has 6 heteroatoms. The molecule has 2 aliphatic rings. The Morgan fingerprint density at radius 2 is 1.35 bits per heavy atom. The van der Waals surface area contributed by atoms with E-state index in [0.29, 0.717) is 35.8 Å². The average molecular weight is 454 g/mol. The molecule has 3 aromatic carbocycles. The number of hydrogen-bond donors (Lipinski definition) is 0. The fourth-order valence-corrected chi connectivity index (χ4v) is 4.61. The van der Waals surface area contributed by atoms with Crippen molar-refractivity contribution in [1.82, 2.24) is 9.80 Å². The van der Waals surface area contributed by atoms with Crippen LogP contribution in [0.4, 0.5) is 5.69 Å². The summed E-state index contributed by atoms with van der Waals surface area (Å²) >= 11 is 0. The van der Waals surface area contributed by atoms with Gasteiger partial charge in [0.15, 0.2) is 0 Å². The minimum Gasteiger partial charge on any atom is -0.497 e. The molecule has 3 aromatic rings. The van der Waals surface area contributed by atoms with Crippen molar-refractivity contribution in [3.05, 3.63) is 102 Å². The zero-order chi connectivity index (χ0) is 23.5. The van der Waals surface area contributed by atoms with Crippen molar-refractivity contribution < 1.29 is 14.3 Å². The van der Waals surface area contributed by atoms with Crippen molar-refractivity contribution in [2.45, 2.75) is 6.54 Å². The zero-order valence-corrected chi connectivity index (χ0v) is 19.2. The number of imide groups is 1. The Kier molecular flexibility index (Phi) is 6.14. The molecule has 2 heterocycles. The van der Waals surface area contributed by atoms with Gasteiger partial charge in [-0.1, -0.05) is 60.7 Å². The standard InChI is InChI=1S/C28H27N3O3/c1-34-24-14-12-22(13-15-24)25-26(28(33)31(27(25)32)23-10-6-3-7-11-23)30-18-16-29(17-19-30)20-21-8-4-2-5-9-21/h2-15H,16-20H2,1H3. The molecule has 0 bridgehead atoms. The number of nitrogens with zero attached hydrogens (tertiary/aromatic N) is 3. The van der Waals surface area contributed by atoms with Gasteiger partial charge in [-0.25, -0.2) is 4.90 Å². The highest BCUT2D eigenvalue weighted by Crippen LogP contribution is 2.35. The number of piperazine rings is 1. The fraction of sp³-hybridized carbons (Fsp3) is 0.214. The first-order valence-electron chi connectivity index (χ1n) is 11.5. The van der Waals surface area contributed by atoms with E-state index >= 15 is 0 Å². The molecule has 1 saturated heterocycles. The van der Waals surface area contributed by atoms with Gasteiger partial charge >= 0.3 is 0 Å². The summed E-state index contributed by atoms with van der Waals surface area (Å²) in [5.74, 6) is 0.152. The minimum absolute atomic E-state index is 0.265. The lowest BCUT2D eigenvalue weighted by Crippen LogP contribution is -2.47. The van der Waals surface area contributed by atoms with Gasteiger partial charge in [-0.3, -0.25) is 14.5 Å².